The predicted octanol–water partition coefficient (Wildman–Crippen LogP) is 3.18. The summed E-state index contributed by atoms with van der Waals surface area (Å²) in [6.07, 6.45) is 0.212. The van der Waals surface area contributed by atoms with E-state index in [1.165, 1.54) is 0 Å². The van der Waals surface area contributed by atoms with Crippen molar-refractivity contribution in [2.75, 3.05) is 6.61 Å². The molecule has 0 aliphatic rings. The van der Waals surface area contributed by atoms with Gasteiger partial charge in [0.1, 0.15) is 5.75 Å². The van der Waals surface area contributed by atoms with Gasteiger partial charge in [0.25, 0.3) is 0 Å². The van der Waals surface area contributed by atoms with Crippen LogP contribution in [0, 0.1) is 6.92 Å². The molecule has 0 fully saturated rings. The maximum absolute atomic E-state index is 10.4. The van der Waals surface area contributed by atoms with E-state index in [-0.39, 0.29) is 6.42 Å². The number of ether oxygens (including phenoxy) is 1. The molecule has 0 radical (unpaired) electrons. The fraction of sp³-hybridized carbons (Fsp3) is 0.300. The zero-order valence-electron chi connectivity index (χ0n) is 7.72. The van der Waals surface area contributed by atoms with Crippen molar-refractivity contribution in [2.45, 2.75) is 13.3 Å². The zero-order chi connectivity index (χ0) is 10.6. The molecule has 0 N–H and O–H groups in total. The highest BCUT2D eigenvalue weighted by atomic mass is 35.5. The second kappa shape index (κ2) is 5.23. The van der Waals surface area contributed by atoms with E-state index in [4.69, 9.17) is 27.9 Å². The van der Waals surface area contributed by atoms with E-state index in [1.807, 2.05) is 13.0 Å². The van der Waals surface area contributed by atoms with Crippen LogP contribution in [0.4, 0.5) is 0 Å². The van der Waals surface area contributed by atoms with E-state index < -0.39 is 5.24 Å². The number of carbonyl (C=O) groups is 1. The number of benzene rings is 1. The SMILES string of the molecule is Cc1cc(OCCC(=O)Cl)ccc1Cl. The van der Waals surface area contributed by atoms with Crippen molar-refractivity contribution in [2.24, 2.45) is 0 Å². The van der Waals surface area contributed by atoms with Gasteiger partial charge in [-0.1, -0.05) is 11.6 Å². The number of hydrogen-bond donors (Lipinski definition) is 0. The molecule has 76 valence electrons. The molecule has 1 rings (SSSR count). The van der Waals surface area contributed by atoms with Crippen LogP contribution in [0.5, 0.6) is 5.75 Å². The molecule has 2 nitrogen and oxygen atoms in total. The summed E-state index contributed by atoms with van der Waals surface area (Å²) in [4.78, 5) is 10.4. The van der Waals surface area contributed by atoms with Gasteiger partial charge in [0, 0.05) is 5.02 Å². The molecule has 1 aromatic rings. The zero-order valence-corrected chi connectivity index (χ0v) is 9.23. The summed E-state index contributed by atoms with van der Waals surface area (Å²) >= 11 is 11.0. The first-order valence-corrected chi connectivity index (χ1v) is 4.92. The minimum atomic E-state index is -0.393. The molecule has 0 amide bonds. The molecule has 0 bridgehead atoms. The standard InChI is InChI=1S/C10H10Cl2O2/c1-7-6-8(2-3-9(7)11)14-5-4-10(12)13/h2-3,6H,4-5H2,1H3. The van der Waals surface area contributed by atoms with E-state index in [9.17, 15) is 4.79 Å². The summed E-state index contributed by atoms with van der Waals surface area (Å²) in [5.74, 6) is 0.699. The monoisotopic (exact) mass is 232 g/mol. The van der Waals surface area contributed by atoms with Crippen molar-refractivity contribution in [3.05, 3.63) is 28.8 Å². The lowest BCUT2D eigenvalue weighted by atomic mass is 10.2. The molecule has 0 saturated heterocycles. The molecule has 0 aliphatic heterocycles. The van der Waals surface area contributed by atoms with Crippen molar-refractivity contribution < 1.29 is 9.53 Å². The Morgan fingerprint density at radius 2 is 2.21 bits per heavy atom. The predicted molar refractivity (Wildman–Crippen MR) is 57.2 cm³/mol. The fourth-order valence-electron chi connectivity index (χ4n) is 0.956. The third-order valence-electron chi connectivity index (χ3n) is 1.70. The van der Waals surface area contributed by atoms with Gasteiger partial charge in [-0.25, -0.2) is 0 Å². The number of hydrogen-bond acceptors (Lipinski definition) is 2. The summed E-state index contributed by atoms with van der Waals surface area (Å²) < 4.78 is 5.29. The molecule has 0 unspecified atom stereocenters. The molecular formula is C10H10Cl2O2. The maximum Gasteiger partial charge on any atom is 0.225 e. The van der Waals surface area contributed by atoms with Crippen LogP contribution in [-0.2, 0) is 4.79 Å². The number of aryl methyl sites for hydroxylation is 1. The Labute approximate surface area is 92.8 Å². The van der Waals surface area contributed by atoms with Crippen molar-refractivity contribution >= 4 is 28.4 Å². The van der Waals surface area contributed by atoms with Crippen LogP contribution in [0.1, 0.15) is 12.0 Å². The lowest BCUT2D eigenvalue weighted by Gasteiger charge is -2.05. The molecule has 1 aromatic carbocycles. The summed E-state index contributed by atoms with van der Waals surface area (Å²) in [5.41, 5.74) is 0.946. The van der Waals surface area contributed by atoms with E-state index in [0.29, 0.717) is 17.4 Å². The summed E-state index contributed by atoms with van der Waals surface area (Å²) in [6.45, 7) is 2.19. The largest absolute Gasteiger partial charge is 0.493 e. The van der Waals surface area contributed by atoms with E-state index in [0.717, 1.165) is 5.56 Å². The van der Waals surface area contributed by atoms with E-state index >= 15 is 0 Å². The van der Waals surface area contributed by atoms with Gasteiger partial charge in [0.15, 0.2) is 0 Å². The minimum Gasteiger partial charge on any atom is -0.493 e. The van der Waals surface area contributed by atoms with Gasteiger partial charge in [0.05, 0.1) is 13.0 Å². The number of carbonyl (C=O) groups excluding carboxylic acids is 1. The second-order valence-electron chi connectivity index (χ2n) is 2.86. The topological polar surface area (TPSA) is 26.3 Å². The summed E-state index contributed by atoms with van der Waals surface area (Å²) in [7, 11) is 0. The van der Waals surface area contributed by atoms with Gasteiger partial charge >= 0.3 is 0 Å². The van der Waals surface area contributed by atoms with Crippen LogP contribution >= 0.6 is 23.2 Å². The molecule has 4 heteroatoms. The Kier molecular flexibility index (Phi) is 4.23. The van der Waals surface area contributed by atoms with Gasteiger partial charge in [-0.05, 0) is 42.3 Å². The first-order valence-electron chi connectivity index (χ1n) is 4.17. The molecule has 0 saturated carbocycles. The third-order valence-corrected chi connectivity index (χ3v) is 2.31. The lowest BCUT2D eigenvalue weighted by Crippen LogP contribution is -2.01. The second-order valence-corrected chi connectivity index (χ2v) is 3.69. The van der Waals surface area contributed by atoms with Crippen LogP contribution < -0.4 is 4.74 Å². The van der Waals surface area contributed by atoms with Crippen LogP contribution in [0.15, 0.2) is 18.2 Å². The number of rotatable bonds is 4. The quantitative estimate of drug-likeness (QED) is 0.746. The van der Waals surface area contributed by atoms with Crippen molar-refractivity contribution in [3.8, 4) is 5.75 Å². The molecule has 0 spiro atoms. The Morgan fingerprint density at radius 1 is 1.50 bits per heavy atom. The van der Waals surface area contributed by atoms with Gasteiger partial charge in [-0.2, -0.15) is 0 Å². The Morgan fingerprint density at radius 3 is 2.79 bits per heavy atom. The number of halogens is 2. The van der Waals surface area contributed by atoms with Crippen LogP contribution in [0.3, 0.4) is 0 Å². The van der Waals surface area contributed by atoms with Crippen molar-refractivity contribution in [3.63, 3.8) is 0 Å². The average molecular weight is 233 g/mol. The summed E-state index contributed by atoms with van der Waals surface area (Å²) in [5, 5.41) is 0.307. The smallest absolute Gasteiger partial charge is 0.225 e. The lowest BCUT2D eigenvalue weighted by molar-refractivity contribution is -0.112. The molecule has 0 aliphatic carbocycles. The molecule has 0 atom stereocenters. The van der Waals surface area contributed by atoms with Crippen LogP contribution in [-0.4, -0.2) is 11.8 Å². The first-order chi connectivity index (χ1) is 6.59. The molecule has 0 heterocycles. The summed E-state index contributed by atoms with van der Waals surface area (Å²) in [6, 6.07) is 5.34. The highest BCUT2D eigenvalue weighted by Gasteiger charge is 2.00. The minimum absolute atomic E-state index is 0.212. The van der Waals surface area contributed by atoms with Crippen LogP contribution in [0.25, 0.3) is 0 Å². The van der Waals surface area contributed by atoms with Crippen LogP contribution in [0.2, 0.25) is 5.02 Å². The molecular weight excluding hydrogens is 223 g/mol. The third kappa shape index (κ3) is 3.56. The Balaban J connectivity index is 2.51. The van der Waals surface area contributed by atoms with Gasteiger partial charge in [0.2, 0.25) is 5.24 Å². The van der Waals surface area contributed by atoms with Crippen molar-refractivity contribution in [1.29, 1.82) is 0 Å². The fourth-order valence-corrected chi connectivity index (χ4v) is 1.15. The average Bonchev–Trinajstić information content (AvgIpc) is 2.10. The normalized spacial score (nSPS) is 9.93. The van der Waals surface area contributed by atoms with Gasteiger partial charge in [-0.15, -0.1) is 0 Å². The highest BCUT2D eigenvalue weighted by Crippen LogP contribution is 2.21. The van der Waals surface area contributed by atoms with E-state index in [1.54, 1.807) is 12.1 Å². The van der Waals surface area contributed by atoms with Crippen molar-refractivity contribution in [1.82, 2.24) is 0 Å². The van der Waals surface area contributed by atoms with Gasteiger partial charge < -0.3 is 4.74 Å². The van der Waals surface area contributed by atoms with E-state index in [2.05, 4.69) is 0 Å². The Hall–Kier alpha value is -0.730. The molecule has 0 aromatic heterocycles. The van der Waals surface area contributed by atoms with Gasteiger partial charge in [-0.3, -0.25) is 4.79 Å². The highest BCUT2D eigenvalue weighted by molar-refractivity contribution is 6.63. The first kappa shape index (κ1) is 11.3. The molecule has 14 heavy (non-hydrogen) atoms. The maximum atomic E-state index is 10.4. The Bertz CT molecular complexity index is 337.